The first-order valence-electron chi connectivity index (χ1n) is 11.7. The quantitative estimate of drug-likeness (QED) is 0.713. The average Bonchev–Trinajstić information content (AvgIpc) is 3.09. The van der Waals surface area contributed by atoms with Crippen molar-refractivity contribution in [3.63, 3.8) is 0 Å². The van der Waals surface area contributed by atoms with Gasteiger partial charge in [0.1, 0.15) is 5.82 Å². The summed E-state index contributed by atoms with van der Waals surface area (Å²) >= 11 is 0. The second-order valence-electron chi connectivity index (χ2n) is 9.07. The number of ketones is 1. The van der Waals surface area contributed by atoms with Crippen molar-refractivity contribution in [2.75, 3.05) is 32.7 Å². The third-order valence-electron chi connectivity index (χ3n) is 6.78. The molecule has 2 fully saturated rings. The molecule has 1 saturated carbocycles. The van der Waals surface area contributed by atoms with Crippen LogP contribution in [0.5, 0.6) is 0 Å². The van der Waals surface area contributed by atoms with Gasteiger partial charge >= 0.3 is 6.03 Å². The summed E-state index contributed by atoms with van der Waals surface area (Å²) in [5.41, 5.74) is 3.36. The van der Waals surface area contributed by atoms with E-state index in [2.05, 4.69) is 10.2 Å². The molecule has 4 rings (SSSR count). The van der Waals surface area contributed by atoms with E-state index in [1.54, 1.807) is 12.1 Å². The Bertz CT molecular complexity index is 955. The van der Waals surface area contributed by atoms with Crippen LogP contribution in [0.15, 0.2) is 30.3 Å². The monoisotopic (exact) mass is 440 g/mol. The lowest BCUT2D eigenvalue weighted by atomic mass is 9.96. The fourth-order valence-electron chi connectivity index (χ4n) is 4.94. The number of hydrogen-bond acceptors (Lipinski definition) is 3. The zero-order valence-corrected chi connectivity index (χ0v) is 19.1. The summed E-state index contributed by atoms with van der Waals surface area (Å²) < 4.78 is 15.3. The number of carbonyl (C=O) groups excluding carboxylic acids is 2. The zero-order chi connectivity index (χ0) is 22.7. The van der Waals surface area contributed by atoms with Gasteiger partial charge in [-0.05, 0) is 57.0 Å². The van der Waals surface area contributed by atoms with Crippen molar-refractivity contribution in [3.05, 3.63) is 53.1 Å². The summed E-state index contributed by atoms with van der Waals surface area (Å²) in [5.74, 6) is -0.203. The average molecular weight is 441 g/mol. The van der Waals surface area contributed by atoms with Crippen molar-refractivity contribution < 1.29 is 14.0 Å². The molecule has 0 spiro atoms. The van der Waals surface area contributed by atoms with Crippen molar-refractivity contribution in [2.45, 2.75) is 52.0 Å². The predicted molar refractivity (Wildman–Crippen MR) is 123 cm³/mol. The lowest BCUT2D eigenvalue weighted by Crippen LogP contribution is -2.54. The molecule has 1 N–H and O–H groups in total. The Labute approximate surface area is 189 Å². The van der Waals surface area contributed by atoms with Crippen LogP contribution < -0.4 is 5.32 Å². The smallest absolute Gasteiger partial charge is 0.317 e. The van der Waals surface area contributed by atoms with Gasteiger partial charge in [0, 0.05) is 54.9 Å². The van der Waals surface area contributed by atoms with Gasteiger partial charge in [0.05, 0.1) is 6.54 Å². The molecule has 0 atom stereocenters. The molecule has 32 heavy (non-hydrogen) atoms. The largest absolute Gasteiger partial charge is 0.335 e. The summed E-state index contributed by atoms with van der Waals surface area (Å²) in [5, 5.41) is 3.18. The van der Waals surface area contributed by atoms with E-state index in [0.717, 1.165) is 29.9 Å². The zero-order valence-electron chi connectivity index (χ0n) is 19.1. The Morgan fingerprint density at radius 2 is 1.66 bits per heavy atom. The van der Waals surface area contributed by atoms with Crippen LogP contribution in [0.25, 0.3) is 5.69 Å². The maximum atomic E-state index is 13.3. The number of halogens is 1. The number of Topliss-reactive ketones (excluding diaryl/α,β-unsaturated/α-hetero) is 1. The molecule has 172 valence electrons. The number of nitrogens with zero attached hydrogens (tertiary/aromatic N) is 3. The highest BCUT2D eigenvalue weighted by Crippen LogP contribution is 2.22. The third-order valence-corrected chi connectivity index (χ3v) is 6.78. The molecule has 2 aliphatic rings. The first-order valence-corrected chi connectivity index (χ1v) is 11.7. The lowest BCUT2D eigenvalue weighted by Gasteiger charge is -2.35. The number of hydrogen-bond donors (Lipinski definition) is 1. The minimum atomic E-state index is -0.279. The SMILES string of the molecule is Cc1cc(C(=O)CN2CCN(C(=O)NC3CCCCC3)CC2)c(C)n1-c1ccc(F)cc1. The molecular weight excluding hydrogens is 407 g/mol. The molecule has 1 aliphatic carbocycles. The molecule has 1 aromatic heterocycles. The number of aryl methyl sites for hydroxylation is 1. The summed E-state index contributed by atoms with van der Waals surface area (Å²) in [4.78, 5) is 29.6. The van der Waals surface area contributed by atoms with Gasteiger partial charge in [0.15, 0.2) is 5.78 Å². The number of aromatic nitrogens is 1. The van der Waals surface area contributed by atoms with Gasteiger partial charge in [-0.2, -0.15) is 0 Å². The van der Waals surface area contributed by atoms with Gasteiger partial charge in [-0.15, -0.1) is 0 Å². The molecule has 6 nitrogen and oxygen atoms in total. The van der Waals surface area contributed by atoms with E-state index >= 15 is 0 Å². The van der Waals surface area contributed by atoms with Crippen LogP contribution in [0.1, 0.15) is 53.8 Å². The maximum Gasteiger partial charge on any atom is 0.317 e. The van der Waals surface area contributed by atoms with Crippen LogP contribution in [0.3, 0.4) is 0 Å². The number of rotatable bonds is 5. The number of piperazine rings is 1. The van der Waals surface area contributed by atoms with Gasteiger partial charge in [-0.1, -0.05) is 19.3 Å². The minimum absolute atomic E-state index is 0.0331. The van der Waals surface area contributed by atoms with E-state index in [0.29, 0.717) is 44.3 Å². The number of benzene rings is 1. The van der Waals surface area contributed by atoms with Crippen LogP contribution >= 0.6 is 0 Å². The van der Waals surface area contributed by atoms with Crippen LogP contribution in [-0.2, 0) is 0 Å². The maximum absolute atomic E-state index is 13.3. The molecule has 0 bridgehead atoms. The van der Waals surface area contributed by atoms with E-state index in [-0.39, 0.29) is 17.6 Å². The second-order valence-corrected chi connectivity index (χ2v) is 9.07. The standard InChI is InChI=1S/C25H33FN4O2/c1-18-16-23(19(2)30(18)22-10-8-20(26)9-11-22)24(31)17-28-12-14-29(15-13-28)25(32)27-21-6-4-3-5-7-21/h8-11,16,21H,3-7,12-15,17H2,1-2H3,(H,27,32). The van der Waals surface area contributed by atoms with E-state index in [4.69, 9.17) is 0 Å². The van der Waals surface area contributed by atoms with E-state index in [9.17, 15) is 14.0 Å². The molecule has 0 radical (unpaired) electrons. The van der Waals surface area contributed by atoms with Gasteiger partial charge in [0.25, 0.3) is 0 Å². The van der Waals surface area contributed by atoms with Crippen molar-refractivity contribution in [3.8, 4) is 5.69 Å². The molecule has 0 unspecified atom stereocenters. The van der Waals surface area contributed by atoms with Gasteiger partial charge in [-0.25, -0.2) is 9.18 Å². The fourth-order valence-corrected chi connectivity index (χ4v) is 4.94. The Balaban J connectivity index is 1.33. The van der Waals surface area contributed by atoms with E-state index < -0.39 is 0 Å². The Morgan fingerprint density at radius 3 is 2.31 bits per heavy atom. The third kappa shape index (κ3) is 5.04. The number of urea groups is 1. The first-order chi connectivity index (χ1) is 15.4. The first kappa shape index (κ1) is 22.5. The lowest BCUT2D eigenvalue weighted by molar-refractivity contribution is 0.0875. The molecule has 2 amide bonds. The summed E-state index contributed by atoms with van der Waals surface area (Å²) in [6.07, 6.45) is 5.82. The predicted octanol–water partition coefficient (Wildman–Crippen LogP) is 4.08. The van der Waals surface area contributed by atoms with Crippen LogP contribution in [0.4, 0.5) is 9.18 Å². The molecular formula is C25H33FN4O2. The highest BCUT2D eigenvalue weighted by atomic mass is 19.1. The molecule has 2 aromatic rings. The Kier molecular flexibility index (Phi) is 6.94. The molecule has 7 heteroatoms. The Hall–Kier alpha value is -2.67. The molecule has 1 saturated heterocycles. The molecule has 1 aliphatic heterocycles. The second kappa shape index (κ2) is 9.86. The van der Waals surface area contributed by atoms with Crippen LogP contribution in [0, 0.1) is 19.7 Å². The summed E-state index contributed by atoms with van der Waals surface area (Å²) in [6.45, 7) is 6.89. The highest BCUT2D eigenvalue weighted by Gasteiger charge is 2.26. The minimum Gasteiger partial charge on any atom is -0.335 e. The fraction of sp³-hybridized carbons (Fsp3) is 0.520. The topological polar surface area (TPSA) is 57.6 Å². The van der Waals surface area contributed by atoms with Gasteiger partial charge in [0.2, 0.25) is 0 Å². The van der Waals surface area contributed by atoms with E-state index in [1.165, 1.54) is 31.4 Å². The van der Waals surface area contributed by atoms with Crippen molar-refractivity contribution in [1.82, 2.24) is 19.7 Å². The highest BCUT2D eigenvalue weighted by molar-refractivity contribution is 5.99. The number of carbonyl (C=O) groups is 2. The van der Waals surface area contributed by atoms with Gasteiger partial charge in [-0.3, -0.25) is 9.69 Å². The van der Waals surface area contributed by atoms with Crippen molar-refractivity contribution in [2.24, 2.45) is 0 Å². The normalized spacial score (nSPS) is 18.0. The van der Waals surface area contributed by atoms with Crippen LogP contribution in [-0.4, -0.2) is 64.9 Å². The number of amides is 2. The van der Waals surface area contributed by atoms with Gasteiger partial charge < -0.3 is 14.8 Å². The van der Waals surface area contributed by atoms with Crippen molar-refractivity contribution >= 4 is 11.8 Å². The number of nitrogens with one attached hydrogen (secondary N) is 1. The molecule has 1 aromatic carbocycles. The van der Waals surface area contributed by atoms with E-state index in [1.807, 2.05) is 29.4 Å². The Morgan fingerprint density at radius 1 is 1.00 bits per heavy atom. The summed E-state index contributed by atoms with van der Waals surface area (Å²) in [6, 6.07) is 8.56. The van der Waals surface area contributed by atoms with Crippen molar-refractivity contribution in [1.29, 1.82) is 0 Å². The summed E-state index contributed by atoms with van der Waals surface area (Å²) in [7, 11) is 0. The van der Waals surface area contributed by atoms with Crippen LogP contribution in [0.2, 0.25) is 0 Å². The molecule has 2 heterocycles.